The van der Waals surface area contributed by atoms with Crippen LogP contribution in [-0.4, -0.2) is 29.9 Å². The van der Waals surface area contributed by atoms with Crippen molar-refractivity contribution in [1.82, 2.24) is 10.2 Å². The first kappa shape index (κ1) is 17.0. The quantitative estimate of drug-likeness (QED) is 0.902. The number of benzene rings is 1. The number of likely N-dealkylation sites (tertiary alicyclic amines) is 1. The zero-order chi connectivity index (χ0) is 16.1. The van der Waals surface area contributed by atoms with Crippen molar-refractivity contribution in [3.05, 3.63) is 35.4 Å². The van der Waals surface area contributed by atoms with E-state index in [0.717, 1.165) is 32.5 Å². The maximum atomic E-state index is 11.8. The van der Waals surface area contributed by atoms with E-state index in [2.05, 4.69) is 48.3 Å². The Morgan fingerprint density at radius 2 is 1.91 bits per heavy atom. The van der Waals surface area contributed by atoms with Crippen LogP contribution in [0.5, 0.6) is 0 Å². The summed E-state index contributed by atoms with van der Waals surface area (Å²) in [5.74, 6) is 0.826. The molecule has 1 aromatic carbocycles. The molecular formula is C19H30N2O. The average molecular weight is 302 g/mol. The summed E-state index contributed by atoms with van der Waals surface area (Å²) in [6.07, 6.45) is 2.26. The van der Waals surface area contributed by atoms with Gasteiger partial charge in [0.05, 0.1) is 0 Å². The van der Waals surface area contributed by atoms with Crippen molar-refractivity contribution in [3.8, 4) is 0 Å². The first-order valence-electron chi connectivity index (χ1n) is 8.57. The zero-order valence-corrected chi connectivity index (χ0v) is 14.4. The van der Waals surface area contributed by atoms with Gasteiger partial charge in [-0.1, -0.05) is 52.0 Å². The number of carbonyl (C=O) groups excluding carboxylic acids is 1. The van der Waals surface area contributed by atoms with Gasteiger partial charge in [0, 0.05) is 25.0 Å². The highest BCUT2D eigenvalue weighted by Crippen LogP contribution is 2.18. The SMILES string of the molecule is CC(C)C(=O)NC1CCCN(Cc2ccc(C(C)C)cc2)C1. The van der Waals surface area contributed by atoms with E-state index in [9.17, 15) is 4.79 Å². The molecular weight excluding hydrogens is 272 g/mol. The van der Waals surface area contributed by atoms with Gasteiger partial charge in [0.15, 0.2) is 0 Å². The average Bonchev–Trinajstić information content (AvgIpc) is 2.48. The van der Waals surface area contributed by atoms with Crippen molar-refractivity contribution in [3.63, 3.8) is 0 Å². The van der Waals surface area contributed by atoms with Gasteiger partial charge in [-0.15, -0.1) is 0 Å². The first-order valence-corrected chi connectivity index (χ1v) is 8.57. The fourth-order valence-corrected chi connectivity index (χ4v) is 2.95. The van der Waals surface area contributed by atoms with Crippen LogP contribution >= 0.6 is 0 Å². The molecule has 0 bridgehead atoms. The number of amides is 1. The number of nitrogens with zero attached hydrogens (tertiary/aromatic N) is 1. The summed E-state index contributed by atoms with van der Waals surface area (Å²) in [7, 11) is 0. The normalized spacial score (nSPS) is 19.6. The molecule has 1 unspecified atom stereocenters. The van der Waals surface area contributed by atoms with Crippen LogP contribution in [0.2, 0.25) is 0 Å². The molecule has 0 spiro atoms. The zero-order valence-electron chi connectivity index (χ0n) is 14.4. The lowest BCUT2D eigenvalue weighted by atomic mass is 10.0. The van der Waals surface area contributed by atoms with Crippen molar-refractivity contribution >= 4 is 5.91 Å². The van der Waals surface area contributed by atoms with Gasteiger partial charge in [0.2, 0.25) is 5.91 Å². The fourth-order valence-electron chi connectivity index (χ4n) is 2.95. The second kappa shape index (κ2) is 7.77. The van der Waals surface area contributed by atoms with Gasteiger partial charge in [-0.2, -0.15) is 0 Å². The highest BCUT2D eigenvalue weighted by atomic mass is 16.1. The van der Waals surface area contributed by atoms with E-state index in [0.29, 0.717) is 12.0 Å². The summed E-state index contributed by atoms with van der Waals surface area (Å²) in [5.41, 5.74) is 2.75. The largest absolute Gasteiger partial charge is 0.352 e. The number of hydrogen-bond donors (Lipinski definition) is 1. The van der Waals surface area contributed by atoms with E-state index in [-0.39, 0.29) is 11.8 Å². The molecule has 1 aliphatic rings. The molecule has 122 valence electrons. The van der Waals surface area contributed by atoms with Crippen LogP contribution in [0.25, 0.3) is 0 Å². The second-order valence-electron chi connectivity index (χ2n) is 7.13. The Kier molecular flexibility index (Phi) is 6.01. The molecule has 1 amide bonds. The fraction of sp³-hybridized carbons (Fsp3) is 0.632. The maximum absolute atomic E-state index is 11.8. The van der Waals surface area contributed by atoms with Crippen molar-refractivity contribution in [2.75, 3.05) is 13.1 Å². The van der Waals surface area contributed by atoms with Gasteiger partial charge in [-0.05, 0) is 36.4 Å². The van der Waals surface area contributed by atoms with Gasteiger partial charge in [-0.25, -0.2) is 0 Å². The molecule has 1 saturated heterocycles. The molecule has 0 saturated carbocycles. The Hall–Kier alpha value is -1.35. The van der Waals surface area contributed by atoms with Crippen molar-refractivity contribution in [2.45, 2.75) is 59.0 Å². The maximum Gasteiger partial charge on any atom is 0.222 e. The predicted octanol–water partition coefficient (Wildman–Crippen LogP) is 3.55. The minimum atomic E-state index is 0.0685. The molecule has 1 heterocycles. The standard InChI is InChI=1S/C19H30N2O/c1-14(2)17-9-7-16(8-10-17)12-21-11-5-6-18(13-21)20-19(22)15(3)4/h7-10,14-15,18H,5-6,11-13H2,1-4H3,(H,20,22). The third-order valence-corrected chi connectivity index (χ3v) is 4.43. The third-order valence-electron chi connectivity index (χ3n) is 4.43. The summed E-state index contributed by atoms with van der Waals surface area (Å²) in [5, 5.41) is 3.18. The van der Waals surface area contributed by atoms with Crippen molar-refractivity contribution < 1.29 is 4.79 Å². The van der Waals surface area contributed by atoms with Gasteiger partial charge in [0.25, 0.3) is 0 Å². The Labute approximate surface area is 135 Å². The van der Waals surface area contributed by atoms with E-state index < -0.39 is 0 Å². The van der Waals surface area contributed by atoms with Crippen LogP contribution in [-0.2, 0) is 11.3 Å². The highest BCUT2D eigenvalue weighted by Gasteiger charge is 2.22. The second-order valence-corrected chi connectivity index (χ2v) is 7.13. The van der Waals surface area contributed by atoms with E-state index in [4.69, 9.17) is 0 Å². The number of rotatable bonds is 5. The van der Waals surface area contributed by atoms with Gasteiger partial charge >= 0.3 is 0 Å². The number of hydrogen-bond acceptors (Lipinski definition) is 2. The first-order chi connectivity index (χ1) is 10.5. The van der Waals surface area contributed by atoms with Crippen molar-refractivity contribution in [1.29, 1.82) is 0 Å². The summed E-state index contributed by atoms with van der Waals surface area (Å²) < 4.78 is 0. The Morgan fingerprint density at radius 1 is 1.23 bits per heavy atom. The third kappa shape index (κ3) is 4.84. The Morgan fingerprint density at radius 3 is 2.50 bits per heavy atom. The van der Waals surface area contributed by atoms with E-state index in [1.165, 1.54) is 11.1 Å². The minimum absolute atomic E-state index is 0.0685. The summed E-state index contributed by atoms with van der Waals surface area (Å²) in [6.45, 7) is 11.4. The molecule has 1 N–H and O–H groups in total. The molecule has 1 aliphatic heterocycles. The van der Waals surface area contributed by atoms with E-state index >= 15 is 0 Å². The molecule has 2 rings (SSSR count). The van der Waals surface area contributed by atoms with Gasteiger partial charge < -0.3 is 5.32 Å². The lowest BCUT2D eigenvalue weighted by Gasteiger charge is -2.33. The van der Waals surface area contributed by atoms with Crippen LogP contribution in [0.4, 0.5) is 0 Å². The summed E-state index contributed by atoms with van der Waals surface area (Å²) >= 11 is 0. The summed E-state index contributed by atoms with van der Waals surface area (Å²) in [6, 6.07) is 9.26. The molecule has 0 aliphatic carbocycles. The number of nitrogens with one attached hydrogen (secondary N) is 1. The topological polar surface area (TPSA) is 32.3 Å². The molecule has 3 heteroatoms. The number of piperidine rings is 1. The molecule has 1 fully saturated rings. The number of carbonyl (C=O) groups is 1. The van der Waals surface area contributed by atoms with Crippen LogP contribution in [0.1, 0.15) is 57.6 Å². The molecule has 0 aromatic heterocycles. The van der Waals surface area contributed by atoms with Crippen LogP contribution in [0.3, 0.4) is 0 Å². The van der Waals surface area contributed by atoms with Crippen LogP contribution < -0.4 is 5.32 Å². The van der Waals surface area contributed by atoms with Crippen LogP contribution in [0.15, 0.2) is 24.3 Å². The van der Waals surface area contributed by atoms with Gasteiger partial charge in [-0.3, -0.25) is 9.69 Å². The van der Waals surface area contributed by atoms with Gasteiger partial charge in [0.1, 0.15) is 0 Å². The Bertz CT molecular complexity index is 479. The predicted molar refractivity (Wildman–Crippen MR) is 91.8 cm³/mol. The Balaban J connectivity index is 1.88. The van der Waals surface area contributed by atoms with Crippen molar-refractivity contribution in [2.24, 2.45) is 5.92 Å². The molecule has 0 radical (unpaired) electrons. The molecule has 1 atom stereocenters. The lowest BCUT2D eigenvalue weighted by Crippen LogP contribution is -2.48. The monoisotopic (exact) mass is 302 g/mol. The van der Waals surface area contributed by atoms with E-state index in [1.54, 1.807) is 0 Å². The molecule has 22 heavy (non-hydrogen) atoms. The molecule has 3 nitrogen and oxygen atoms in total. The smallest absolute Gasteiger partial charge is 0.222 e. The minimum Gasteiger partial charge on any atom is -0.352 e. The lowest BCUT2D eigenvalue weighted by molar-refractivity contribution is -0.125. The van der Waals surface area contributed by atoms with Crippen LogP contribution in [0, 0.1) is 5.92 Å². The summed E-state index contributed by atoms with van der Waals surface area (Å²) in [4.78, 5) is 14.3. The van der Waals surface area contributed by atoms with E-state index in [1.807, 2.05) is 13.8 Å². The molecule has 1 aromatic rings. The highest BCUT2D eigenvalue weighted by molar-refractivity contribution is 5.78.